The Hall–Kier alpha value is -1.96. The van der Waals surface area contributed by atoms with Gasteiger partial charge in [-0.25, -0.2) is 18.6 Å². The Kier molecular flexibility index (Phi) is 6.75. The summed E-state index contributed by atoms with van der Waals surface area (Å²) < 4.78 is 38.8. The number of nitrogens with zero attached hydrogens (tertiary/aromatic N) is 2. The smallest absolute Gasteiger partial charge is 0.410 e. The van der Waals surface area contributed by atoms with Crippen LogP contribution < -0.4 is 10.5 Å². The van der Waals surface area contributed by atoms with Crippen LogP contribution in [-0.4, -0.2) is 47.4 Å². The SMILES string of the molecule is CC(C)(C)OC(=O)N1C[C@@H](F)C[C@@H]1c1cc(F)cnc1OCCCCN. The molecule has 2 heterocycles. The van der Waals surface area contributed by atoms with Crippen LogP contribution in [0.4, 0.5) is 13.6 Å². The Morgan fingerprint density at radius 1 is 1.42 bits per heavy atom. The van der Waals surface area contributed by atoms with E-state index in [0.717, 1.165) is 19.0 Å². The van der Waals surface area contributed by atoms with Gasteiger partial charge in [0.05, 0.1) is 25.4 Å². The molecule has 1 aromatic rings. The van der Waals surface area contributed by atoms with Gasteiger partial charge in [0.2, 0.25) is 5.88 Å². The molecule has 0 unspecified atom stereocenters. The van der Waals surface area contributed by atoms with Crippen molar-refractivity contribution in [1.29, 1.82) is 0 Å². The fourth-order valence-electron chi connectivity index (χ4n) is 2.82. The summed E-state index contributed by atoms with van der Waals surface area (Å²) in [6.45, 7) is 6.01. The first-order valence-electron chi connectivity index (χ1n) is 8.83. The van der Waals surface area contributed by atoms with Crippen LogP contribution in [-0.2, 0) is 4.74 Å². The van der Waals surface area contributed by atoms with Crippen molar-refractivity contribution in [3.63, 3.8) is 0 Å². The normalized spacial score (nSPS) is 20.3. The van der Waals surface area contributed by atoms with Crippen LogP contribution in [0.3, 0.4) is 0 Å². The summed E-state index contributed by atoms with van der Waals surface area (Å²) in [6.07, 6.45) is 0.741. The van der Waals surface area contributed by atoms with Crippen molar-refractivity contribution in [2.24, 2.45) is 5.73 Å². The molecule has 0 radical (unpaired) electrons. The predicted octanol–water partition coefficient (Wildman–Crippen LogP) is 3.36. The minimum Gasteiger partial charge on any atom is -0.477 e. The third-order valence-electron chi connectivity index (χ3n) is 3.92. The number of nitrogens with two attached hydrogens (primary N) is 1. The quantitative estimate of drug-likeness (QED) is 0.776. The lowest BCUT2D eigenvalue weighted by Crippen LogP contribution is -2.37. The summed E-state index contributed by atoms with van der Waals surface area (Å²) in [7, 11) is 0. The molecule has 2 N–H and O–H groups in total. The number of likely N-dealkylation sites (tertiary alicyclic amines) is 1. The molecule has 0 aliphatic carbocycles. The van der Waals surface area contributed by atoms with Gasteiger partial charge in [0.1, 0.15) is 17.6 Å². The fraction of sp³-hybridized carbons (Fsp3) is 0.667. The average Bonchev–Trinajstić information content (AvgIpc) is 2.93. The van der Waals surface area contributed by atoms with Crippen molar-refractivity contribution in [1.82, 2.24) is 9.88 Å². The maximum Gasteiger partial charge on any atom is 0.410 e. The molecule has 1 amide bonds. The van der Waals surface area contributed by atoms with E-state index in [-0.39, 0.29) is 18.8 Å². The number of amides is 1. The highest BCUT2D eigenvalue weighted by Crippen LogP contribution is 2.38. The number of hydrogen-bond donors (Lipinski definition) is 1. The number of carbonyl (C=O) groups excluding carboxylic acids is 1. The molecule has 0 bridgehead atoms. The molecule has 1 aliphatic heterocycles. The van der Waals surface area contributed by atoms with Gasteiger partial charge in [-0.2, -0.15) is 0 Å². The van der Waals surface area contributed by atoms with Crippen molar-refractivity contribution in [3.05, 3.63) is 23.6 Å². The first-order chi connectivity index (χ1) is 12.2. The Balaban J connectivity index is 2.23. The van der Waals surface area contributed by atoms with Crippen LogP contribution in [0.15, 0.2) is 12.3 Å². The lowest BCUT2D eigenvalue weighted by Gasteiger charge is -2.29. The molecule has 2 atom stereocenters. The number of rotatable bonds is 6. The molecular formula is C18H27F2N3O3. The molecule has 6 nitrogen and oxygen atoms in total. The standard InChI is InChI=1S/C18H27F2N3O3/c1-18(2,3)26-17(24)23-11-13(20)9-15(23)14-8-12(19)10-22-16(14)25-7-5-4-6-21/h8,10,13,15H,4-7,9,11,21H2,1-3H3/t13-,15+/m0/s1. The van der Waals surface area contributed by atoms with Gasteiger partial charge in [-0.3, -0.25) is 4.90 Å². The number of alkyl halides is 1. The van der Waals surface area contributed by atoms with E-state index in [0.29, 0.717) is 18.7 Å². The number of hydrogen-bond acceptors (Lipinski definition) is 5. The summed E-state index contributed by atoms with van der Waals surface area (Å²) >= 11 is 0. The molecule has 1 fully saturated rings. The van der Waals surface area contributed by atoms with Crippen molar-refractivity contribution in [2.45, 2.75) is 57.8 Å². The lowest BCUT2D eigenvalue weighted by atomic mass is 10.1. The zero-order chi connectivity index (χ0) is 19.3. The largest absolute Gasteiger partial charge is 0.477 e. The van der Waals surface area contributed by atoms with E-state index in [1.54, 1.807) is 20.8 Å². The highest BCUT2D eigenvalue weighted by atomic mass is 19.1. The molecule has 0 saturated carbocycles. The van der Waals surface area contributed by atoms with Crippen LogP contribution in [0, 0.1) is 5.82 Å². The van der Waals surface area contributed by atoms with Gasteiger partial charge >= 0.3 is 6.09 Å². The van der Waals surface area contributed by atoms with E-state index in [9.17, 15) is 13.6 Å². The van der Waals surface area contributed by atoms with E-state index < -0.39 is 29.7 Å². The third kappa shape index (κ3) is 5.52. The second-order valence-corrected chi connectivity index (χ2v) is 7.37. The van der Waals surface area contributed by atoms with Crippen LogP contribution in [0.25, 0.3) is 0 Å². The Morgan fingerprint density at radius 3 is 2.81 bits per heavy atom. The molecule has 1 aliphatic rings. The molecule has 1 saturated heterocycles. The molecule has 26 heavy (non-hydrogen) atoms. The van der Waals surface area contributed by atoms with Gasteiger partial charge < -0.3 is 15.2 Å². The zero-order valence-electron chi connectivity index (χ0n) is 15.5. The van der Waals surface area contributed by atoms with Gasteiger partial charge in [-0.1, -0.05) is 0 Å². The average molecular weight is 371 g/mol. The first kappa shape index (κ1) is 20.4. The second-order valence-electron chi connectivity index (χ2n) is 7.37. The van der Waals surface area contributed by atoms with Gasteiger partial charge in [0.15, 0.2) is 0 Å². The van der Waals surface area contributed by atoms with Gasteiger partial charge in [0.25, 0.3) is 0 Å². The number of carbonyl (C=O) groups is 1. The molecular weight excluding hydrogens is 344 g/mol. The van der Waals surface area contributed by atoms with Gasteiger partial charge in [-0.15, -0.1) is 0 Å². The van der Waals surface area contributed by atoms with E-state index >= 15 is 0 Å². The molecule has 146 valence electrons. The van der Waals surface area contributed by atoms with Gasteiger partial charge in [-0.05, 0) is 46.2 Å². The summed E-state index contributed by atoms with van der Waals surface area (Å²) in [4.78, 5) is 17.7. The van der Waals surface area contributed by atoms with Crippen LogP contribution in [0.2, 0.25) is 0 Å². The van der Waals surface area contributed by atoms with Crippen LogP contribution >= 0.6 is 0 Å². The topological polar surface area (TPSA) is 77.7 Å². The van der Waals surface area contributed by atoms with E-state index in [1.807, 2.05) is 0 Å². The minimum atomic E-state index is -1.22. The highest BCUT2D eigenvalue weighted by Gasteiger charge is 2.40. The van der Waals surface area contributed by atoms with Gasteiger partial charge in [0, 0.05) is 12.0 Å². The summed E-state index contributed by atoms with van der Waals surface area (Å²) in [5, 5.41) is 0. The zero-order valence-corrected chi connectivity index (χ0v) is 15.5. The predicted molar refractivity (Wildman–Crippen MR) is 93.2 cm³/mol. The number of unbranched alkanes of at least 4 members (excludes halogenated alkanes) is 1. The van der Waals surface area contributed by atoms with Crippen molar-refractivity contribution < 1.29 is 23.0 Å². The number of ether oxygens (including phenoxy) is 2. The number of pyridine rings is 1. The molecule has 0 spiro atoms. The molecule has 0 aromatic carbocycles. The second kappa shape index (κ2) is 8.62. The van der Waals surface area contributed by atoms with Crippen LogP contribution in [0.1, 0.15) is 51.6 Å². The number of halogens is 2. The lowest BCUT2D eigenvalue weighted by molar-refractivity contribution is 0.0214. The Morgan fingerprint density at radius 2 is 2.15 bits per heavy atom. The third-order valence-corrected chi connectivity index (χ3v) is 3.92. The fourth-order valence-corrected chi connectivity index (χ4v) is 2.82. The van der Waals surface area contributed by atoms with Crippen LogP contribution in [0.5, 0.6) is 5.88 Å². The summed E-state index contributed by atoms with van der Waals surface area (Å²) in [5.41, 5.74) is 5.09. The Labute approximate surface area is 152 Å². The van der Waals surface area contributed by atoms with Crippen molar-refractivity contribution in [3.8, 4) is 5.88 Å². The number of aromatic nitrogens is 1. The van der Waals surface area contributed by atoms with Crippen molar-refractivity contribution in [2.75, 3.05) is 19.7 Å². The van der Waals surface area contributed by atoms with E-state index in [2.05, 4.69) is 4.98 Å². The van der Waals surface area contributed by atoms with E-state index in [4.69, 9.17) is 15.2 Å². The molecule has 8 heteroatoms. The summed E-state index contributed by atoms with van der Waals surface area (Å²) in [6, 6.07) is 0.554. The highest BCUT2D eigenvalue weighted by molar-refractivity contribution is 5.69. The minimum absolute atomic E-state index is 0.0452. The molecule has 1 aromatic heterocycles. The summed E-state index contributed by atoms with van der Waals surface area (Å²) in [5.74, 6) is -0.364. The monoisotopic (exact) mass is 371 g/mol. The Bertz CT molecular complexity index is 622. The molecule has 2 rings (SSSR count). The van der Waals surface area contributed by atoms with Crippen molar-refractivity contribution >= 4 is 6.09 Å². The maximum atomic E-state index is 14.1. The van der Waals surface area contributed by atoms with E-state index in [1.165, 1.54) is 11.0 Å². The first-order valence-corrected chi connectivity index (χ1v) is 8.83. The maximum absolute atomic E-state index is 14.1.